The zero-order chi connectivity index (χ0) is 21.1. The lowest BCUT2D eigenvalue weighted by atomic mass is 10.2. The molecule has 0 amide bonds. The zero-order valence-corrected chi connectivity index (χ0v) is 18.0. The van der Waals surface area contributed by atoms with Crippen LogP contribution in [0.2, 0.25) is 10.0 Å². The third kappa shape index (κ3) is 4.34. The lowest BCUT2D eigenvalue weighted by Crippen LogP contribution is -2.37. The lowest BCUT2D eigenvalue weighted by Gasteiger charge is -2.12. The highest BCUT2D eigenvalue weighted by Crippen LogP contribution is 2.24. The molecule has 0 aliphatic heterocycles. The van der Waals surface area contributed by atoms with Crippen molar-refractivity contribution in [3.63, 3.8) is 0 Å². The van der Waals surface area contributed by atoms with Crippen molar-refractivity contribution in [3.8, 4) is 0 Å². The Bertz CT molecular complexity index is 1150. The van der Waals surface area contributed by atoms with Crippen LogP contribution >= 0.6 is 23.2 Å². The second-order valence-electron chi connectivity index (χ2n) is 6.61. The van der Waals surface area contributed by atoms with E-state index < -0.39 is 11.2 Å². The maximum Gasteiger partial charge on any atom is 0.332 e. The van der Waals surface area contributed by atoms with Crippen molar-refractivity contribution in [2.45, 2.75) is 19.9 Å². The van der Waals surface area contributed by atoms with E-state index in [1.165, 1.54) is 11.6 Å². The molecule has 29 heavy (non-hydrogen) atoms. The molecule has 0 saturated carbocycles. The fourth-order valence-electron chi connectivity index (χ4n) is 3.07. The molecule has 0 bridgehead atoms. The predicted octanol–water partition coefficient (Wildman–Crippen LogP) is 2.63. The van der Waals surface area contributed by atoms with E-state index in [2.05, 4.69) is 10.3 Å². The first-order chi connectivity index (χ1) is 13.8. The van der Waals surface area contributed by atoms with E-state index in [1.807, 2.05) is 13.0 Å². The number of aromatic nitrogens is 4. The molecule has 156 valence electrons. The molecule has 3 rings (SSSR count). The summed E-state index contributed by atoms with van der Waals surface area (Å²) in [5.74, 6) is 0.487. The van der Waals surface area contributed by atoms with Crippen LogP contribution in [-0.2, 0) is 25.4 Å². The standard InChI is InChI=1S/C19H23Cl2N5O3/c1-4-29-9-5-8-22-18-23-16-15(17(27)25(3)19(28)24(16)2)26(18)11-12-6-7-13(20)10-14(12)21/h6-7,10H,4-5,8-9,11H2,1-3H3,(H,22,23). The number of nitrogens with zero attached hydrogens (tertiary/aromatic N) is 4. The number of rotatable bonds is 8. The van der Waals surface area contributed by atoms with Crippen LogP contribution < -0.4 is 16.6 Å². The van der Waals surface area contributed by atoms with Crippen molar-refractivity contribution < 1.29 is 4.74 Å². The molecule has 0 spiro atoms. The van der Waals surface area contributed by atoms with Gasteiger partial charge in [-0.1, -0.05) is 29.3 Å². The minimum atomic E-state index is -0.431. The number of halogens is 2. The molecule has 10 heteroatoms. The normalized spacial score (nSPS) is 11.3. The largest absolute Gasteiger partial charge is 0.382 e. The summed E-state index contributed by atoms with van der Waals surface area (Å²) in [5.41, 5.74) is 0.578. The second-order valence-corrected chi connectivity index (χ2v) is 7.46. The Labute approximate surface area is 177 Å². The van der Waals surface area contributed by atoms with Crippen LogP contribution in [0.25, 0.3) is 11.2 Å². The van der Waals surface area contributed by atoms with Crippen molar-refractivity contribution in [1.29, 1.82) is 0 Å². The van der Waals surface area contributed by atoms with Crippen LogP contribution in [0.4, 0.5) is 5.95 Å². The number of imidazole rings is 1. The van der Waals surface area contributed by atoms with Gasteiger partial charge >= 0.3 is 5.69 Å². The van der Waals surface area contributed by atoms with Crippen LogP contribution in [0, 0.1) is 0 Å². The monoisotopic (exact) mass is 439 g/mol. The molecule has 0 unspecified atom stereocenters. The Morgan fingerprint density at radius 1 is 1.17 bits per heavy atom. The summed E-state index contributed by atoms with van der Waals surface area (Å²) in [6, 6.07) is 5.20. The summed E-state index contributed by atoms with van der Waals surface area (Å²) in [4.78, 5) is 29.7. The van der Waals surface area contributed by atoms with Gasteiger partial charge < -0.3 is 10.1 Å². The van der Waals surface area contributed by atoms with Gasteiger partial charge in [-0.25, -0.2) is 4.79 Å². The van der Waals surface area contributed by atoms with Gasteiger partial charge in [-0.05, 0) is 31.0 Å². The molecule has 0 saturated heterocycles. The Morgan fingerprint density at radius 3 is 2.62 bits per heavy atom. The average molecular weight is 440 g/mol. The first-order valence-electron chi connectivity index (χ1n) is 9.27. The third-order valence-corrected chi connectivity index (χ3v) is 5.23. The predicted molar refractivity (Wildman–Crippen MR) is 115 cm³/mol. The molecule has 8 nitrogen and oxygen atoms in total. The highest BCUT2D eigenvalue weighted by Gasteiger charge is 2.20. The minimum absolute atomic E-state index is 0.299. The van der Waals surface area contributed by atoms with Crippen molar-refractivity contribution >= 4 is 40.3 Å². The maximum absolute atomic E-state index is 12.9. The number of benzene rings is 1. The van der Waals surface area contributed by atoms with Crippen LogP contribution in [0.3, 0.4) is 0 Å². The summed E-state index contributed by atoms with van der Waals surface area (Å²) < 4.78 is 9.54. The SMILES string of the molecule is CCOCCCNc1nc2c(c(=O)n(C)c(=O)n2C)n1Cc1ccc(Cl)cc1Cl. The van der Waals surface area contributed by atoms with Crippen molar-refractivity contribution in [3.05, 3.63) is 54.6 Å². The molecule has 1 aromatic carbocycles. The zero-order valence-electron chi connectivity index (χ0n) is 16.5. The van der Waals surface area contributed by atoms with Gasteiger partial charge in [0.15, 0.2) is 11.2 Å². The minimum Gasteiger partial charge on any atom is -0.382 e. The number of aryl methyl sites for hydroxylation is 1. The van der Waals surface area contributed by atoms with Crippen molar-refractivity contribution in [1.82, 2.24) is 18.7 Å². The molecule has 2 aromatic heterocycles. The number of ether oxygens (including phenoxy) is 1. The Hall–Kier alpha value is -2.29. The number of hydrogen-bond acceptors (Lipinski definition) is 5. The first kappa shape index (κ1) is 21.4. The topological polar surface area (TPSA) is 83.1 Å². The fourth-order valence-corrected chi connectivity index (χ4v) is 3.54. The van der Waals surface area contributed by atoms with Gasteiger partial charge in [-0.2, -0.15) is 4.98 Å². The molecule has 2 heterocycles. The molecule has 0 fully saturated rings. The number of anilines is 1. The van der Waals surface area contributed by atoms with E-state index in [-0.39, 0.29) is 0 Å². The van der Waals surface area contributed by atoms with Crippen LogP contribution in [0.1, 0.15) is 18.9 Å². The lowest BCUT2D eigenvalue weighted by molar-refractivity contribution is 0.147. The molecule has 3 aromatic rings. The summed E-state index contributed by atoms with van der Waals surface area (Å²) in [5, 5.41) is 4.26. The van der Waals surface area contributed by atoms with Gasteiger partial charge in [0.1, 0.15) is 0 Å². The van der Waals surface area contributed by atoms with E-state index in [4.69, 9.17) is 27.9 Å². The average Bonchev–Trinajstić information content (AvgIpc) is 3.05. The Morgan fingerprint density at radius 2 is 1.93 bits per heavy atom. The quantitative estimate of drug-likeness (QED) is 0.545. The highest BCUT2D eigenvalue weighted by molar-refractivity contribution is 6.35. The third-order valence-electron chi connectivity index (χ3n) is 4.64. The molecule has 0 aliphatic rings. The Kier molecular flexibility index (Phi) is 6.66. The van der Waals surface area contributed by atoms with Crippen LogP contribution in [0.5, 0.6) is 0 Å². The van der Waals surface area contributed by atoms with Gasteiger partial charge in [0.05, 0.1) is 6.54 Å². The molecule has 0 radical (unpaired) electrons. The summed E-state index contributed by atoms with van der Waals surface area (Å²) in [6.45, 7) is 4.12. The Balaban J connectivity index is 2.09. The summed E-state index contributed by atoms with van der Waals surface area (Å²) >= 11 is 12.3. The van der Waals surface area contributed by atoms with E-state index >= 15 is 0 Å². The first-order valence-corrected chi connectivity index (χ1v) is 10.0. The van der Waals surface area contributed by atoms with Gasteiger partial charge in [0, 0.05) is 43.9 Å². The molecule has 0 aliphatic carbocycles. The second kappa shape index (κ2) is 9.02. The van der Waals surface area contributed by atoms with Gasteiger partial charge in [-0.3, -0.25) is 18.5 Å². The molecular formula is C19H23Cl2N5O3. The fraction of sp³-hybridized carbons (Fsp3) is 0.421. The van der Waals surface area contributed by atoms with E-state index in [0.717, 1.165) is 16.6 Å². The number of nitrogens with one attached hydrogen (secondary N) is 1. The van der Waals surface area contributed by atoms with Crippen molar-refractivity contribution in [2.75, 3.05) is 25.1 Å². The maximum atomic E-state index is 12.9. The van der Waals surface area contributed by atoms with Gasteiger partial charge in [0.25, 0.3) is 5.56 Å². The molecule has 1 N–H and O–H groups in total. The van der Waals surface area contributed by atoms with Gasteiger partial charge in [-0.15, -0.1) is 0 Å². The smallest absolute Gasteiger partial charge is 0.332 e. The van der Waals surface area contributed by atoms with Gasteiger partial charge in [0.2, 0.25) is 5.95 Å². The molecular weight excluding hydrogens is 417 g/mol. The van der Waals surface area contributed by atoms with Crippen LogP contribution in [-0.4, -0.2) is 38.4 Å². The highest BCUT2D eigenvalue weighted by atomic mass is 35.5. The summed E-state index contributed by atoms with van der Waals surface area (Å²) in [7, 11) is 3.04. The van der Waals surface area contributed by atoms with E-state index in [9.17, 15) is 9.59 Å². The number of hydrogen-bond donors (Lipinski definition) is 1. The summed E-state index contributed by atoms with van der Waals surface area (Å²) in [6.07, 6.45) is 0.773. The van der Waals surface area contributed by atoms with E-state index in [1.54, 1.807) is 23.7 Å². The molecule has 0 atom stereocenters. The number of fused-ring (bicyclic) bond motifs is 1. The van der Waals surface area contributed by atoms with Crippen molar-refractivity contribution in [2.24, 2.45) is 14.1 Å². The van der Waals surface area contributed by atoms with Crippen LogP contribution in [0.15, 0.2) is 27.8 Å². The van der Waals surface area contributed by atoms with E-state index in [0.29, 0.717) is 53.5 Å².